The van der Waals surface area contributed by atoms with Crippen molar-refractivity contribution in [3.63, 3.8) is 0 Å². The Morgan fingerprint density at radius 2 is 1.73 bits per heavy atom. The zero-order valence-corrected chi connectivity index (χ0v) is 9.32. The van der Waals surface area contributed by atoms with Crippen molar-refractivity contribution in [1.82, 2.24) is 10.2 Å². The fourth-order valence-corrected chi connectivity index (χ4v) is 2.92. The summed E-state index contributed by atoms with van der Waals surface area (Å²) in [5.41, 5.74) is 0. The molecular formula is C11H18N2O2. The third-order valence-electron chi connectivity index (χ3n) is 3.40. The first kappa shape index (κ1) is 10.5. The number of hydrogen-bond acceptors (Lipinski definition) is 2. The number of imide groups is 1. The smallest absolute Gasteiger partial charge is 0.324 e. The van der Waals surface area contributed by atoms with E-state index in [1.165, 1.54) is 11.3 Å². The molecule has 1 saturated heterocycles. The van der Waals surface area contributed by atoms with Crippen LogP contribution in [0.3, 0.4) is 0 Å². The molecule has 4 heteroatoms. The lowest BCUT2D eigenvalue weighted by Gasteiger charge is -2.35. The molecule has 2 rings (SSSR count). The van der Waals surface area contributed by atoms with Crippen LogP contribution in [-0.4, -0.2) is 29.4 Å². The molecule has 1 heterocycles. The minimum atomic E-state index is -0.202. The number of carbonyl (C=O) groups is 2. The van der Waals surface area contributed by atoms with Crippen molar-refractivity contribution in [2.45, 2.75) is 39.2 Å². The first-order valence-electron chi connectivity index (χ1n) is 5.67. The second-order valence-corrected chi connectivity index (χ2v) is 4.99. The van der Waals surface area contributed by atoms with E-state index in [0.717, 1.165) is 12.8 Å². The van der Waals surface area contributed by atoms with Crippen molar-refractivity contribution in [3.8, 4) is 0 Å². The first-order valence-corrected chi connectivity index (χ1v) is 5.67. The highest BCUT2D eigenvalue weighted by atomic mass is 16.2. The molecule has 2 unspecified atom stereocenters. The van der Waals surface area contributed by atoms with Crippen LogP contribution >= 0.6 is 0 Å². The van der Waals surface area contributed by atoms with Crippen LogP contribution in [0.15, 0.2) is 0 Å². The molecule has 2 fully saturated rings. The molecule has 0 radical (unpaired) electrons. The summed E-state index contributed by atoms with van der Waals surface area (Å²) in [4.78, 5) is 24.5. The normalized spacial score (nSPS) is 36.9. The topological polar surface area (TPSA) is 49.4 Å². The van der Waals surface area contributed by atoms with Gasteiger partial charge in [-0.25, -0.2) is 4.79 Å². The van der Waals surface area contributed by atoms with Gasteiger partial charge in [0, 0.05) is 6.04 Å². The summed E-state index contributed by atoms with van der Waals surface area (Å²) in [5, 5.41) is 2.58. The van der Waals surface area contributed by atoms with Crippen LogP contribution in [-0.2, 0) is 4.79 Å². The van der Waals surface area contributed by atoms with E-state index < -0.39 is 0 Å². The highest BCUT2D eigenvalue weighted by Gasteiger charge is 2.38. The van der Waals surface area contributed by atoms with Gasteiger partial charge < -0.3 is 5.32 Å². The zero-order chi connectivity index (χ0) is 11.0. The summed E-state index contributed by atoms with van der Waals surface area (Å²) in [7, 11) is 0. The third-order valence-corrected chi connectivity index (χ3v) is 3.40. The number of hydrogen-bond donors (Lipinski definition) is 1. The maximum atomic E-state index is 11.5. The molecule has 3 amide bonds. The van der Waals surface area contributed by atoms with Gasteiger partial charge in [0.05, 0.1) is 6.54 Å². The minimum Gasteiger partial charge on any atom is -0.329 e. The van der Waals surface area contributed by atoms with E-state index in [4.69, 9.17) is 0 Å². The summed E-state index contributed by atoms with van der Waals surface area (Å²) in [6.07, 6.45) is 3.13. The monoisotopic (exact) mass is 210 g/mol. The van der Waals surface area contributed by atoms with Gasteiger partial charge in [-0.15, -0.1) is 0 Å². The summed E-state index contributed by atoms with van der Waals surface area (Å²) < 4.78 is 0. The molecule has 84 valence electrons. The van der Waals surface area contributed by atoms with Crippen LogP contribution in [0.2, 0.25) is 0 Å². The number of rotatable bonds is 1. The number of amides is 3. The molecule has 1 saturated carbocycles. The molecule has 0 spiro atoms. The van der Waals surface area contributed by atoms with E-state index in [9.17, 15) is 9.59 Å². The molecule has 1 N–H and O–H groups in total. The van der Waals surface area contributed by atoms with Crippen LogP contribution in [0.4, 0.5) is 4.79 Å². The Kier molecular flexibility index (Phi) is 2.67. The summed E-state index contributed by atoms with van der Waals surface area (Å²) in [6.45, 7) is 4.57. The molecule has 4 nitrogen and oxygen atoms in total. The highest BCUT2D eigenvalue weighted by molar-refractivity contribution is 6.02. The van der Waals surface area contributed by atoms with Crippen LogP contribution < -0.4 is 5.32 Å². The fourth-order valence-electron chi connectivity index (χ4n) is 2.92. The van der Waals surface area contributed by atoms with Crippen molar-refractivity contribution in [1.29, 1.82) is 0 Å². The van der Waals surface area contributed by atoms with Gasteiger partial charge in [-0.1, -0.05) is 13.8 Å². The Morgan fingerprint density at radius 3 is 2.20 bits per heavy atom. The molecule has 2 aliphatic rings. The molecule has 0 bridgehead atoms. The maximum absolute atomic E-state index is 11.5. The molecule has 0 aromatic heterocycles. The molecular weight excluding hydrogens is 192 g/mol. The van der Waals surface area contributed by atoms with Gasteiger partial charge in [-0.3, -0.25) is 9.69 Å². The van der Waals surface area contributed by atoms with Crippen molar-refractivity contribution in [2.75, 3.05) is 6.54 Å². The van der Waals surface area contributed by atoms with Gasteiger partial charge in [0.15, 0.2) is 0 Å². The maximum Gasteiger partial charge on any atom is 0.324 e. The summed E-state index contributed by atoms with van der Waals surface area (Å²) in [5.74, 6) is 1.16. The van der Waals surface area contributed by atoms with Crippen molar-refractivity contribution >= 4 is 11.9 Å². The highest BCUT2D eigenvalue weighted by Crippen LogP contribution is 2.32. The second-order valence-electron chi connectivity index (χ2n) is 4.99. The number of nitrogens with zero attached hydrogens (tertiary/aromatic N) is 1. The second kappa shape index (κ2) is 3.83. The Bertz CT molecular complexity index is 264. The SMILES string of the molecule is CC1CC(C)CC(N2C(=O)CNC2=O)C1. The van der Waals surface area contributed by atoms with Crippen LogP contribution in [0, 0.1) is 11.8 Å². The Hall–Kier alpha value is -1.06. The van der Waals surface area contributed by atoms with Crippen LogP contribution in [0.25, 0.3) is 0 Å². The van der Waals surface area contributed by atoms with E-state index in [1.807, 2.05) is 0 Å². The van der Waals surface area contributed by atoms with Gasteiger partial charge in [-0.05, 0) is 31.1 Å². The van der Waals surface area contributed by atoms with Crippen LogP contribution in [0.1, 0.15) is 33.1 Å². The van der Waals surface area contributed by atoms with Crippen molar-refractivity contribution in [2.24, 2.45) is 11.8 Å². The molecule has 15 heavy (non-hydrogen) atoms. The Balaban J connectivity index is 2.09. The van der Waals surface area contributed by atoms with Crippen molar-refractivity contribution < 1.29 is 9.59 Å². The lowest BCUT2D eigenvalue weighted by atomic mass is 9.80. The lowest BCUT2D eigenvalue weighted by molar-refractivity contribution is -0.127. The van der Waals surface area contributed by atoms with Crippen LogP contribution in [0.5, 0.6) is 0 Å². The average Bonchev–Trinajstić information content (AvgIpc) is 2.44. The first-order chi connectivity index (χ1) is 7.08. The minimum absolute atomic E-state index is 0.0636. The number of nitrogens with one attached hydrogen (secondary N) is 1. The van der Waals surface area contributed by atoms with Crippen molar-refractivity contribution in [3.05, 3.63) is 0 Å². The quantitative estimate of drug-likeness (QED) is 0.664. The molecule has 0 aromatic carbocycles. The van der Waals surface area contributed by atoms with E-state index >= 15 is 0 Å². The lowest BCUT2D eigenvalue weighted by Crippen LogP contribution is -2.44. The van der Waals surface area contributed by atoms with E-state index in [-0.39, 0.29) is 24.5 Å². The van der Waals surface area contributed by atoms with Gasteiger partial charge >= 0.3 is 6.03 Å². The summed E-state index contributed by atoms with van der Waals surface area (Å²) >= 11 is 0. The predicted molar refractivity (Wildman–Crippen MR) is 56.2 cm³/mol. The molecule has 2 atom stereocenters. The van der Waals surface area contributed by atoms with Gasteiger partial charge in [-0.2, -0.15) is 0 Å². The summed E-state index contributed by atoms with van der Waals surface area (Å²) in [6, 6.07) is -0.0787. The Labute approximate surface area is 90.0 Å². The molecule has 1 aliphatic heterocycles. The van der Waals surface area contributed by atoms with Gasteiger partial charge in [0.1, 0.15) is 0 Å². The van der Waals surface area contributed by atoms with Gasteiger partial charge in [0.25, 0.3) is 0 Å². The fraction of sp³-hybridized carbons (Fsp3) is 0.818. The average molecular weight is 210 g/mol. The molecule has 1 aliphatic carbocycles. The Morgan fingerprint density at radius 1 is 1.13 bits per heavy atom. The number of carbonyl (C=O) groups excluding carboxylic acids is 2. The zero-order valence-electron chi connectivity index (χ0n) is 9.32. The molecule has 0 aromatic rings. The van der Waals surface area contributed by atoms with E-state index in [2.05, 4.69) is 19.2 Å². The predicted octanol–water partition coefficient (Wildman–Crippen LogP) is 1.36. The van der Waals surface area contributed by atoms with E-state index in [1.54, 1.807) is 0 Å². The van der Waals surface area contributed by atoms with E-state index in [0.29, 0.717) is 11.8 Å². The third kappa shape index (κ3) is 1.98. The van der Waals surface area contributed by atoms with Gasteiger partial charge in [0.2, 0.25) is 5.91 Å². The number of urea groups is 1. The standard InChI is InChI=1S/C11H18N2O2/c1-7-3-8(2)5-9(4-7)13-10(14)6-12-11(13)15/h7-9H,3-6H2,1-2H3,(H,12,15). The largest absolute Gasteiger partial charge is 0.329 e.